The topological polar surface area (TPSA) is 44.4 Å². The maximum absolute atomic E-state index is 11.6. The number of hydrogen-bond donors (Lipinski definition) is 2. The van der Waals surface area contributed by atoms with Crippen molar-refractivity contribution in [1.29, 1.82) is 0 Å². The largest absolute Gasteiger partial charge is 0.370 e. The van der Waals surface area contributed by atoms with Crippen molar-refractivity contribution in [3.05, 3.63) is 24.3 Å². The van der Waals surface area contributed by atoms with Crippen molar-refractivity contribution in [3.8, 4) is 0 Å². The fourth-order valence-corrected chi connectivity index (χ4v) is 2.74. The van der Waals surface area contributed by atoms with Gasteiger partial charge in [0.2, 0.25) is 5.91 Å². The van der Waals surface area contributed by atoms with E-state index in [4.69, 9.17) is 23.8 Å². The quantitative estimate of drug-likeness (QED) is 0.645. The summed E-state index contributed by atoms with van der Waals surface area (Å²) in [6, 6.07) is 8.03. The Morgan fingerprint density at radius 2 is 2.00 bits per heavy atom. The van der Waals surface area contributed by atoms with Crippen LogP contribution in [0.5, 0.6) is 0 Å². The Bertz CT molecular complexity index is 503. The van der Waals surface area contributed by atoms with E-state index in [1.54, 1.807) is 0 Å². The van der Waals surface area contributed by atoms with E-state index in [0.717, 1.165) is 24.5 Å². The summed E-state index contributed by atoms with van der Waals surface area (Å²) in [5.74, 6) is 0.373. The SMILES string of the molecule is O=C(CCCCl)NC(=S)Nc1ccccc1N1CCCC1. The molecule has 2 rings (SSSR count). The first-order valence-corrected chi connectivity index (χ1v) is 8.16. The zero-order chi connectivity index (χ0) is 15.1. The zero-order valence-electron chi connectivity index (χ0n) is 11.9. The zero-order valence-corrected chi connectivity index (χ0v) is 13.5. The monoisotopic (exact) mass is 325 g/mol. The molecule has 1 amide bonds. The number of nitrogens with zero attached hydrogens (tertiary/aromatic N) is 1. The Labute approximate surface area is 135 Å². The van der Waals surface area contributed by atoms with E-state index in [9.17, 15) is 4.79 Å². The smallest absolute Gasteiger partial charge is 0.226 e. The van der Waals surface area contributed by atoms with Crippen LogP contribution < -0.4 is 15.5 Å². The summed E-state index contributed by atoms with van der Waals surface area (Å²) >= 11 is 10.8. The summed E-state index contributed by atoms with van der Waals surface area (Å²) in [4.78, 5) is 14.0. The van der Waals surface area contributed by atoms with Gasteiger partial charge in [-0.3, -0.25) is 4.79 Å². The molecule has 1 fully saturated rings. The molecule has 2 N–H and O–H groups in total. The summed E-state index contributed by atoms with van der Waals surface area (Å²) in [5, 5.41) is 6.14. The molecule has 6 heteroatoms. The minimum absolute atomic E-state index is 0.105. The molecule has 1 aromatic rings. The maximum Gasteiger partial charge on any atom is 0.226 e. The number of amides is 1. The lowest BCUT2D eigenvalue weighted by atomic mass is 10.2. The van der Waals surface area contributed by atoms with Crippen molar-refractivity contribution in [2.24, 2.45) is 0 Å². The summed E-state index contributed by atoms with van der Waals surface area (Å²) in [6.45, 7) is 2.13. The molecule has 0 unspecified atom stereocenters. The Morgan fingerprint density at radius 3 is 2.71 bits per heavy atom. The van der Waals surface area contributed by atoms with Crippen molar-refractivity contribution in [2.45, 2.75) is 25.7 Å². The van der Waals surface area contributed by atoms with E-state index in [0.29, 0.717) is 23.8 Å². The second kappa shape index (κ2) is 8.20. The highest BCUT2D eigenvalue weighted by atomic mass is 35.5. The molecule has 1 saturated heterocycles. The summed E-state index contributed by atoms with van der Waals surface area (Å²) in [5.41, 5.74) is 2.06. The van der Waals surface area contributed by atoms with Gasteiger partial charge in [-0.25, -0.2) is 0 Å². The van der Waals surface area contributed by atoms with Crippen molar-refractivity contribution in [3.63, 3.8) is 0 Å². The van der Waals surface area contributed by atoms with Crippen LogP contribution in [0.2, 0.25) is 0 Å². The van der Waals surface area contributed by atoms with Crippen LogP contribution in [0.1, 0.15) is 25.7 Å². The molecule has 1 aliphatic heterocycles. The van der Waals surface area contributed by atoms with Crippen LogP contribution in [0.15, 0.2) is 24.3 Å². The fourth-order valence-electron chi connectivity index (χ4n) is 2.38. The van der Waals surface area contributed by atoms with Crippen LogP contribution in [0.25, 0.3) is 0 Å². The van der Waals surface area contributed by atoms with Gasteiger partial charge < -0.3 is 15.5 Å². The number of carbonyl (C=O) groups excluding carboxylic acids is 1. The molecule has 0 radical (unpaired) electrons. The number of carbonyl (C=O) groups is 1. The third-order valence-corrected chi connectivity index (χ3v) is 3.86. The molecule has 1 aromatic carbocycles. The van der Waals surface area contributed by atoms with Crippen molar-refractivity contribution < 1.29 is 4.79 Å². The number of anilines is 2. The van der Waals surface area contributed by atoms with Crippen LogP contribution in [0.3, 0.4) is 0 Å². The first-order valence-electron chi connectivity index (χ1n) is 7.21. The van der Waals surface area contributed by atoms with E-state index in [-0.39, 0.29) is 5.91 Å². The maximum atomic E-state index is 11.6. The fraction of sp³-hybridized carbons (Fsp3) is 0.467. The summed E-state index contributed by atoms with van der Waals surface area (Å²) in [7, 11) is 0. The predicted octanol–water partition coefficient (Wildman–Crippen LogP) is 3.12. The van der Waals surface area contributed by atoms with Gasteiger partial charge in [-0.2, -0.15) is 0 Å². The molecule has 0 aliphatic carbocycles. The molecule has 0 saturated carbocycles. The molecule has 1 heterocycles. The molecular weight excluding hydrogens is 306 g/mol. The Hall–Kier alpha value is -1.33. The van der Waals surface area contributed by atoms with Gasteiger partial charge in [0.05, 0.1) is 11.4 Å². The molecule has 0 atom stereocenters. The number of alkyl halides is 1. The first-order chi connectivity index (χ1) is 10.2. The Morgan fingerprint density at radius 1 is 1.29 bits per heavy atom. The number of rotatable bonds is 5. The second-order valence-corrected chi connectivity index (χ2v) is 5.79. The third kappa shape index (κ3) is 4.86. The molecule has 21 heavy (non-hydrogen) atoms. The van der Waals surface area contributed by atoms with Crippen LogP contribution in [0, 0.1) is 0 Å². The van der Waals surface area contributed by atoms with Gasteiger partial charge in [0, 0.05) is 25.4 Å². The highest BCUT2D eigenvalue weighted by Crippen LogP contribution is 2.28. The third-order valence-electron chi connectivity index (χ3n) is 3.39. The first kappa shape index (κ1) is 16.0. The number of para-hydroxylation sites is 2. The van der Waals surface area contributed by atoms with Crippen LogP contribution in [-0.4, -0.2) is 30.0 Å². The minimum Gasteiger partial charge on any atom is -0.370 e. The lowest BCUT2D eigenvalue weighted by Gasteiger charge is -2.22. The molecule has 114 valence electrons. The molecule has 0 aromatic heterocycles. The van der Waals surface area contributed by atoms with E-state index in [1.165, 1.54) is 12.8 Å². The minimum atomic E-state index is -0.105. The van der Waals surface area contributed by atoms with E-state index in [1.807, 2.05) is 18.2 Å². The van der Waals surface area contributed by atoms with Gasteiger partial charge in [-0.1, -0.05) is 12.1 Å². The van der Waals surface area contributed by atoms with E-state index in [2.05, 4.69) is 21.6 Å². The summed E-state index contributed by atoms with van der Waals surface area (Å²) < 4.78 is 0. The van der Waals surface area contributed by atoms with Gasteiger partial charge in [-0.05, 0) is 43.6 Å². The standard InChI is InChI=1S/C15H20ClN3OS/c16-9-5-8-14(20)18-15(21)17-12-6-1-2-7-13(12)19-10-3-4-11-19/h1-2,6-7H,3-5,8-11H2,(H2,17,18,20,21). The van der Waals surface area contributed by atoms with Crippen molar-refractivity contribution in [2.75, 3.05) is 29.2 Å². The number of hydrogen-bond acceptors (Lipinski definition) is 3. The molecule has 0 bridgehead atoms. The number of halogens is 1. The highest BCUT2D eigenvalue weighted by molar-refractivity contribution is 7.80. The van der Waals surface area contributed by atoms with Crippen LogP contribution in [0.4, 0.5) is 11.4 Å². The second-order valence-electron chi connectivity index (χ2n) is 5.01. The van der Waals surface area contributed by atoms with Crippen LogP contribution >= 0.6 is 23.8 Å². The van der Waals surface area contributed by atoms with Gasteiger partial charge in [0.15, 0.2) is 5.11 Å². The van der Waals surface area contributed by atoms with E-state index < -0.39 is 0 Å². The average molecular weight is 326 g/mol. The summed E-state index contributed by atoms with van der Waals surface area (Å²) in [6.07, 6.45) is 3.47. The molecule has 4 nitrogen and oxygen atoms in total. The lowest BCUT2D eigenvalue weighted by molar-refractivity contribution is -0.119. The number of nitrogens with one attached hydrogen (secondary N) is 2. The van der Waals surface area contributed by atoms with Gasteiger partial charge in [0.1, 0.15) is 0 Å². The average Bonchev–Trinajstić information content (AvgIpc) is 2.99. The van der Waals surface area contributed by atoms with Gasteiger partial charge in [0.25, 0.3) is 0 Å². The Kier molecular flexibility index (Phi) is 6.26. The molecular formula is C15H20ClN3OS. The molecule has 1 aliphatic rings. The Balaban J connectivity index is 1.95. The van der Waals surface area contributed by atoms with Crippen molar-refractivity contribution in [1.82, 2.24) is 5.32 Å². The van der Waals surface area contributed by atoms with Crippen molar-refractivity contribution >= 4 is 46.2 Å². The predicted molar refractivity (Wildman–Crippen MR) is 92.2 cm³/mol. The van der Waals surface area contributed by atoms with Gasteiger partial charge >= 0.3 is 0 Å². The number of benzene rings is 1. The van der Waals surface area contributed by atoms with Crippen LogP contribution in [-0.2, 0) is 4.79 Å². The van der Waals surface area contributed by atoms with Gasteiger partial charge in [-0.15, -0.1) is 11.6 Å². The highest BCUT2D eigenvalue weighted by Gasteiger charge is 2.16. The van der Waals surface area contributed by atoms with E-state index >= 15 is 0 Å². The lowest BCUT2D eigenvalue weighted by Crippen LogP contribution is -2.34. The number of thiocarbonyl (C=S) groups is 1. The molecule has 0 spiro atoms. The normalized spacial score (nSPS) is 14.0.